The number of aromatic amines is 1. The van der Waals surface area contributed by atoms with Crippen LogP contribution in [0, 0.1) is 0 Å². The summed E-state index contributed by atoms with van der Waals surface area (Å²) >= 11 is 0. The van der Waals surface area contributed by atoms with Crippen LogP contribution in [0.5, 0.6) is 0 Å². The molecule has 0 aliphatic heterocycles. The predicted molar refractivity (Wildman–Crippen MR) is 73.1 cm³/mol. The molecule has 2 rings (SSSR count). The van der Waals surface area contributed by atoms with Crippen LogP contribution in [0.3, 0.4) is 0 Å². The van der Waals surface area contributed by atoms with Gasteiger partial charge in [0, 0.05) is 13.0 Å². The highest BCUT2D eigenvalue weighted by molar-refractivity contribution is 5.96. The van der Waals surface area contributed by atoms with Crippen molar-refractivity contribution in [2.75, 3.05) is 14.2 Å². The molecule has 114 valence electrons. The Morgan fingerprint density at radius 3 is 2.19 bits per heavy atom. The van der Waals surface area contributed by atoms with E-state index in [0.717, 1.165) is 5.56 Å². The molecule has 1 amide bonds. The lowest BCUT2D eigenvalue weighted by atomic mass is 9.88. The molecule has 21 heavy (non-hydrogen) atoms. The van der Waals surface area contributed by atoms with Gasteiger partial charge < -0.3 is 19.8 Å². The first-order chi connectivity index (χ1) is 9.97. The lowest BCUT2D eigenvalue weighted by Gasteiger charge is -2.23. The van der Waals surface area contributed by atoms with Crippen molar-refractivity contribution in [3.63, 3.8) is 0 Å². The van der Waals surface area contributed by atoms with Crippen LogP contribution in [0.25, 0.3) is 0 Å². The third-order valence-corrected chi connectivity index (χ3v) is 3.60. The number of H-pyrrole nitrogens is 1. The third-order valence-electron chi connectivity index (χ3n) is 3.60. The smallest absolute Gasteiger partial charge is 0.354 e. The summed E-state index contributed by atoms with van der Waals surface area (Å²) in [5.41, 5.74) is 2.02. The highest BCUT2D eigenvalue weighted by atomic mass is 16.5. The number of esters is 2. The second-order valence-electron chi connectivity index (χ2n) is 4.96. The molecule has 0 radical (unpaired) electrons. The minimum Gasteiger partial charge on any atom is -0.464 e. The van der Waals surface area contributed by atoms with Crippen LogP contribution < -0.4 is 5.32 Å². The topological polar surface area (TPSA) is 97.5 Å². The minimum absolute atomic E-state index is 0.0558. The van der Waals surface area contributed by atoms with Gasteiger partial charge in [0.1, 0.15) is 11.4 Å². The summed E-state index contributed by atoms with van der Waals surface area (Å²) in [6, 6.07) is -0.0558. The summed E-state index contributed by atoms with van der Waals surface area (Å²) in [6.07, 6.45) is 1.76. The second kappa shape index (κ2) is 5.99. The SMILES string of the molecule is COC(=O)c1[nH]c(C(=O)OC)c2c1CCC(NC(C)=O)C2. The fourth-order valence-corrected chi connectivity index (χ4v) is 2.71. The van der Waals surface area contributed by atoms with Crippen molar-refractivity contribution in [1.29, 1.82) is 0 Å². The van der Waals surface area contributed by atoms with Crippen molar-refractivity contribution >= 4 is 17.8 Å². The van der Waals surface area contributed by atoms with Crippen LogP contribution in [-0.4, -0.2) is 43.1 Å². The summed E-state index contributed by atoms with van der Waals surface area (Å²) in [6.45, 7) is 1.45. The zero-order chi connectivity index (χ0) is 15.6. The van der Waals surface area contributed by atoms with E-state index in [1.165, 1.54) is 21.1 Å². The van der Waals surface area contributed by atoms with E-state index in [4.69, 9.17) is 9.47 Å². The van der Waals surface area contributed by atoms with Crippen molar-refractivity contribution in [2.24, 2.45) is 0 Å². The van der Waals surface area contributed by atoms with Crippen molar-refractivity contribution in [1.82, 2.24) is 10.3 Å². The van der Waals surface area contributed by atoms with Gasteiger partial charge in [0.15, 0.2) is 0 Å². The van der Waals surface area contributed by atoms with E-state index in [1.54, 1.807) is 0 Å². The van der Waals surface area contributed by atoms with Gasteiger partial charge in [-0.05, 0) is 30.4 Å². The van der Waals surface area contributed by atoms with E-state index in [2.05, 4.69) is 10.3 Å². The number of aromatic nitrogens is 1. The number of hydrogen-bond donors (Lipinski definition) is 2. The first kappa shape index (κ1) is 15.1. The average molecular weight is 294 g/mol. The molecule has 1 atom stereocenters. The van der Waals surface area contributed by atoms with Gasteiger partial charge in [-0.1, -0.05) is 0 Å². The second-order valence-corrected chi connectivity index (χ2v) is 4.96. The number of hydrogen-bond acceptors (Lipinski definition) is 5. The predicted octanol–water partition coefficient (Wildman–Crippen LogP) is 0.581. The summed E-state index contributed by atoms with van der Waals surface area (Å²) in [4.78, 5) is 37.6. The maximum Gasteiger partial charge on any atom is 0.354 e. The first-order valence-electron chi connectivity index (χ1n) is 6.65. The molecule has 1 aliphatic carbocycles. The van der Waals surface area contributed by atoms with E-state index >= 15 is 0 Å². The quantitative estimate of drug-likeness (QED) is 0.795. The molecule has 2 N–H and O–H groups in total. The van der Waals surface area contributed by atoms with Gasteiger partial charge in [0.05, 0.1) is 14.2 Å². The lowest BCUT2D eigenvalue weighted by Crippen LogP contribution is -2.37. The fraction of sp³-hybridized carbons (Fsp3) is 0.500. The Hall–Kier alpha value is -2.31. The van der Waals surface area contributed by atoms with E-state index in [1.807, 2.05) is 0 Å². The molecule has 0 saturated heterocycles. The molecule has 1 aromatic rings. The third kappa shape index (κ3) is 2.91. The molecule has 0 spiro atoms. The minimum atomic E-state index is -0.537. The maximum atomic E-state index is 11.8. The molecule has 7 heteroatoms. The Bertz CT molecular complexity index is 590. The van der Waals surface area contributed by atoms with Crippen LogP contribution in [0.2, 0.25) is 0 Å². The number of ether oxygens (including phenoxy) is 2. The van der Waals surface area contributed by atoms with Gasteiger partial charge in [0.25, 0.3) is 0 Å². The molecule has 0 fully saturated rings. The summed E-state index contributed by atoms with van der Waals surface area (Å²) in [5.74, 6) is -1.17. The Balaban J connectivity index is 2.40. The molecule has 1 aromatic heterocycles. The van der Waals surface area contributed by atoms with Crippen molar-refractivity contribution in [3.05, 3.63) is 22.5 Å². The lowest BCUT2D eigenvalue weighted by molar-refractivity contribution is -0.119. The summed E-state index contributed by atoms with van der Waals surface area (Å²) in [7, 11) is 2.57. The van der Waals surface area contributed by atoms with Crippen LogP contribution in [0.4, 0.5) is 0 Å². The number of rotatable bonds is 3. The fourth-order valence-electron chi connectivity index (χ4n) is 2.71. The normalized spacial score (nSPS) is 16.8. The Labute approximate surface area is 122 Å². The molecule has 1 aliphatic rings. The first-order valence-corrected chi connectivity index (χ1v) is 6.65. The van der Waals surface area contributed by atoms with E-state index < -0.39 is 11.9 Å². The Morgan fingerprint density at radius 2 is 1.67 bits per heavy atom. The number of nitrogens with one attached hydrogen (secondary N) is 2. The molecular weight excluding hydrogens is 276 g/mol. The standard InChI is InChI=1S/C14H18N2O5/c1-7(17)15-8-4-5-9-10(6-8)12(14(19)21-3)16-11(9)13(18)20-2/h8,16H,4-6H2,1-3H3,(H,15,17). The monoisotopic (exact) mass is 294 g/mol. The van der Waals surface area contributed by atoms with Crippen LogP contribution >= 0.6 is 0 Å². The van der Waals surface area contributed by atoms with Gasteiger partial charge in [-0.25, -0.2) is 9.59 Å². The average Bonchev–Trinajstić information content (AvgIpc) is 2.83. The van der Waals surface area contributed by atoms with Crippen LogP contribution in [0.1, 0.15) is 45.4 Å². The largest absolute Gasteiger partial charge is 0.464 e. The van der Waals surface area contributed by atoms with Gasteiger partial charge >= 0.3 is 11.9 Å². The van der Waals surface area contributed by atoms with E-state index in [0.29, 0.717) is 24.8 Å². The molecule has 7 nitrogen and oxygen atoms in total. The van der Waals surface area contributed by atoms with E-state index in [9.17, 15) is 14.4 Å². The number of amides is 1. The Morgan fingerprint density at radius 1 is 1.10 bits per heavy atom. The van der Waals surface area contributed by atoms with Crippen LogP contribution in [0.15, 0.2) is 0 Å². The maximum absolute atomic E-state index is 11.8. The summed E-state index contributed by atoms with van der Waals surface area (Å²) in [5, 5.41) is 2.84. The van der Waals surface area contributed by atoms with Crippen molar-refractivity contribution < 1.29 is 23.9 Å². The summed E-state index contributed by atoms with van der Waals surface area (Å²) < 4.78 is 9.46. The van der Waals surface area contributed by atoms with Crippen molar-refractivity contribution in [2.45, 2.75) is 32.2 Å². The molecule has 1 heterocycles. The highest BCUT2D eigenvalue weighted by Gasteiger charge is 2.31. The van der Waals surface area contributed by atoms with Gasteiger partial charge in [-0.15, -0.1) is 0 Å². The molecule has 0 aromatic carbocycles. The molecule has 0 saturated carbocycles. The van der Waals surface area contributed by atoms with Gasteiger partial charge in [-0.2, -0.15) is 0 Å². The number of carbonyl (C=O) groups is 3. The highest BCUT2D eigenvalue weighted by Crippen LogP contribution is 2.29. The number of methoxy groups -OCH3 is 2. The van der Waals surface area contributed by atoms with E-state index in [-0.39, 0.29) is 23.3 Å². The zero-order valence-corrected chi connectivity index (χ0v) is 12.2. The number of fused-ring (bicyclic) bond motifs is 1. The van der Waals surface area contributed by atoms with Crippen LogP contribution in [-0.2, 0) is 27.1 Å². The molecule has 1 unspecified atom stereocenters. The van der Waals surface area contributed by atoms with Crippen molar-refractivity contribution in [3.8, 4) is 0 Å². The molecular formula is C14H18N2O5. The van der Waals surface area contributed by atoms with Gasteiger partial charge in [0.2, 0.25) is 5.91 Å². The van der Waals surface area contributed by atoms with Gasteiger partial charge in [-0.3, -0.25) is 4.79 Å². The number of carbonyl (C=O) groups excluding carboxylic acids is 3. The zero-order valence-electron chi connectivity index (χ0n) is 12.2. The molecule has 0 bridgehead atoms. The Kier molecular flexibility index (Phi) is 4.30.